The molecule has 22 heavy (non-hydrogen) atoms. The highest BCUT2D eigenvalue weighted by Gasteiger charge is 2.41. The summed E-state index contributed by atoms with van der Waals surface area (Å²) in [4.78, 5) is 5.17. The zero-order valence-corrected chi connectivity index (χ0v) is 14.1. The first-order valence-corrected chi connectivity index (χ1v) is 8.85. The van der Waals surface area contributed by atoms with Crippen molar-refractivity contribution in [3.05, 3.63) is 35.9 Å². The number of nitrogens with zero attached hydrogens (tertiary/aromatic N) is 2. The molecular formula is C19H30N2O. The number of hydrogen-bond donors (Lipinski definition) is 0. The molecule has 2 aliphatic heterocycles. The van der Waals surface area contributed by atoms with Crippen molar-refractivity contribution in [2.75, 3.05) is 39.3 Å². The molecule has 0 saturated carbocycles. The van der Waals surface area contributed by atoms with Gasteiger partial charge in [-0.1, -0.05) is 37.3 Å². The lowest BCUT2D eigenvalue weighted by Crippen LogP contribution is -2.59. The standard InChI is InChI=1S/C19H30N2O/c1-3-20-15-17(2)22-19(16-20)10-13-21(14-11-19)12-9-18-7-5-4-6-8-18/h4-8,17H,3,9-16H2,1-2H3/t17-/m0/s1. The Labute approximate surface area is 135 Å². The molecule has 3 rings (SSSR count). The third-order valence-electron chi connectivity index (χ3n) is 5.25. The topological polar surface area (TPSA) is 15.7 Å². The van der Waals surface area contributed by atoms with Crippen molar-refractivity contribution in [1.82, 2.24) is 9.80 Å². The summed E-state index contributed by atoms with van der Waals surface area (Å²) in [5.41, 5.74) is 1.57. The average molecular weight is 302 g/mol. The Morgan fingerprint density at radius 2 is 1.86 bits per heavy atom. The molecule has 1 atom stereocenters. The van der Waals surface area contributed by atoms with Gasteiger partial charge in [0.1, 0.15) is 0 Å². The van der Waals surface area contributed by atoms with E-state index in [2.05, 4.69) is 54.0 Å². The third-order valence-corrected chi connectivity index (χ3v) is 5.25. The first-order valence-electron chi connectivity index (χ1n) is 8.85. The van der Waals surface area contributed by atoms with Crippen LogP contribution in [0, 0.1) is 0 Å². The van der Waals surface area contributed by atoms with Crippen LogP contribution in [-0.4, -0.2) is 60.8 Å². The van der Waals surface area contributed by atoms with Crippen LogP contribution >= 0.6 is 0 Å². The smallest absolute Gasteiger partial charge is 0.0837 e. The fourth-order valence-corrected chi connectivity index (χ4v) is 3.97. The summed E-state index contributed by atoms with van der Waals surface area (Å²) < 4.78 is 6.39. The lowest BCUT2D eigenvalue weighted by Gasteiger charge is -2.49. The van der Waals surface area contributed by atoms with Gasteiger partial charge in [0.05, 0.1) is 11.7 Å². The van der Waals surface area contributed by atoms with Gasteiger partial charge in [0.25, 0.3) is 0 Å². The number of likely N-dealkylation sites (N-methyl/N-ethyl adjacent to an activating group) is 1. The molecule has 1 spiro atoms. The maximum absolute atomic E-state index is 6.39. The van der Waals surface area contributed by atoms with Crippen LogP contribution in [0.25, 0.3) is 0 Å². The van der Waals surface area contributed by atoms with Crippen LogP contribution in [0.15, 0.2) is 30.3 Å². The number of likely N-dealkylation sites (tertiary alicyclic amines) is 1. The Kier molecular flexibility index (Phi) is 5.17. The molecule has 2 aliphatic rings. The second-order valence-electron chi connectivity index (χ2n) is 7.02. The Balaban J connectivity index is 1.49. The van der Waals surface area contributed by atoms with Crippen molar-refractivity contribution in [2.45, 2.75) is 44.8 Å². The molecule has 0 aliphatic carbocycles. The summed E-state index contributed by atoms with van der Waals surface area (Å²) in [6.45, 7) is 11.4. The summed E-state index contributed by atoms with van der Waals surface area (Å²) in [5.74, 6) is 0. The van der Waals surface area contributed by atoms with E-state index in [1.165, 1.54) is 38.0 Å². The largest absolute Gasteiger partial charge is 0.369 e. The summed E-state index contributed by atoms with van der Waals surface area (Å²) in [7, 11) is 0. The van der Waals surface area contributed by atoms with Crippen LogP contribution in [0.5, 0.6) is 0 Å². The second-order valence-corrected chi connectivity index (χ2v) is 7.02. The number of morpholine rings is 1. The van der Waals surface area contributed by atoms with Crippen molar-refractivity contribution in [3.8, 4) is 0 Å². The lowest BCUT2D eigenvalue weighted by atomic mass is 9.88. The zero-order chi connectivity index (χ0) is 15.4. The Bertz CT molecular complexity index is 454. The van der Waals surface area contributed by atoms with Gasteiger partial charge in [0.2, 0.25) is 0 Å². The van der Waals surface area contributed by atoms with E-state index in [9.17, 15) is 0 Å². The van der Waals surface area contributed by atoms with Crippen LogP contribution in [0.4, 0.5) is 0 Å². The lowest BCUT2D eigenvalue weighted by molar-refractivity contribution is -0.169. The van der Waals surface area contributed by atoms with Gasteiger partial charge in [-0.05, 0) is 38.3 Å². The predicted molar refractivity (Wildman–Crippen MR) is 91.2 cm³/mol. The van der Waals surface area contributed by atoms with E-state index in [0.717, 1.165) is 26.1 Å². The predicted octanol–water partition coefficient (Wildman–Crippen LogP) is 2.80. The highest BCUT2D eigenvalue weighted by atomic mass is 16.5. The molecular weight excluding hydrogens is 272 g/mol. The Morgan fingerprint density at radius 1 is 1.14 bits per heavy atom. The quantitative estimate of drug-likeness (QED) is 0.850. The van der Waals surface area contributed by atoms with Gasteiger partial charge in [-0.3, -0.25) is 4.90 Å². The minimum absolute atomic E-state index is 0.122. The number of benzene rings is 1. The highest BCUT2D eigenvalue weighted by Crippen LogP contribution is 2.32. The molecule has 3 nitrogen and oxygen atoms in total. The number of hydrogen-bond acceptors (Lipinski definition) is 3. The van der Waals surface area contributed by atoms with E-state index < -0.39 is 0 Å². The van der Waals surface area contributed by atoms with E-state index in [1.54, 1.807) is 0 Å². The van der Waals surface area contributed by atoms with Crippen molar-refractivity contribution < 1.29 is 4.74 Å². The SMILES string of the molecule is CCN1C[C@H](C)OC2(CCN(CCc3ccccc3)CC2)C1. The van der Waals surface area contributed by atoms with Gasteiger partial charge in [-0.15, -0.1) is 0 Å². The van der Waals surface area contributed by atoms with Crippen LogP contribution in [-0.2, 0) is 11.2 Å². The van der Waals surface area contributed by atoms with Crippen LogP contribution in [0.3, 0.4) is 0 Å². The molecule has 1 aromatic carbocycles. The molecule has 2 fully saturated rings. The maximum atomic E-state index is 6.39. The minimum atomic E-state index is 0.122. The first kappa shape index (κ1) is 16.0. The van der Waals surface area contributed by atoms with Crippen LogP contribution in [0.2, 0.25) is 0 Å². The Hall–Kier alpha value is -0.900. The van der Waals surface area contributed by atoms with Gasteiger partial charge in [0.15, 0.2) is 0 Å². The van der Waals surface area contributed by atoms with Gasteiger partial charge in [0, 0.05) is 32.7 Å². The van der Waals surface area contributed by atoms with Crippen molar-refractivity contribution in [1.29, 1.82) is 0 Å². The van der Waals surface area contributed by atoms with Crippen molar-refractivity contribution in [3.63, 3.8) is 0 Å². The molecule has 0 unspecified atom stereocenters. The zero-order valence-electron chi connectivity index (χ0n) is 14.1. The molecule has 1 aromatic rings. The Morgan fingerprint density at radius 3 is 2.55 bits per heavy atom. The molecule has 2 heterocycles. The fraction of sp³-hybridized carbons (Fsp3) is 0.684. The molecule has 0 N–H and O–H groups in total. The van der Waals surface area contributed by atoms with E-state index in [-0.39, 0.29) is 5.60 Å². The molecule has 122 valence electrons. The van der Waals surface area contributed by atoms with E-state index in [1.807, 2.05) is 0 Å². The second kappa shape index (κ2) is 7.12. The van der Waals surface area contributed by atoms with Gasteiger partial charge in [-0.2, -0.15) is 0 Å². The van der Waals surface area contributed by atoms with Gasteiger partial charge < -0.3 is 9.64 Å². The summed E-state index contributed by atoms with van der Waals surface area (Å²) in [6, 6.07) is 10.8. The molecule has 3 heteroatoms. The van der Waals surface area contributed by atoms with Crippen LogP contribution in [0.1, 0.15) is 32.3 Å². The van der Waals surface area contributed by atoms with E-state index >= 15 is 0 Å². The minimum Gasteiger partial charge on any atom is -0.369 e. The van der Waals surface area contributed by atoms with Gasteiger partial charge >= 0.3 is 0 Å². The first-order chi connectivity index (χ1) is 10.7. The van der Waals surface area contributed by atoms with E-state index in [4.69, 9.17) is 4.74 Å². The van der Waals surface area contributed by atoms with E-state index in [0.29, 0.717) is 6.10 Å². The van der Waals surface area contributed by atoms with Crippen LogP contribution < -0.4 is 0 Å². The monoisotopic (exact) mass is 302 g/mol. The molecule has 0 radical (unpaired) electrons. The summed E-state index contributed by atoms with van der Waals surface area (Å²) in [6.07, 6.45) is 3.90. The summed E-state index contributed by atoms with van der Waals surface area (Å²) >= 11 is 0. The number of piperidine rings is 1. The third kappa shape index (κ3) is 3.89. The molecule has 0 aromatic heterocycles. The number of ether oxygens (including phenoxy) is 1. The average Bonchev–Trinajstić information content (AvgIpc) is 2.55. The normalized spacial score (nSPS) is 26.4. The maximum Gasteiger partial charge on any atom is 0.0837 e. The van der Waals surface area contributed by atoms with Crippen molar-refractivity contribution >= 4 is 0 Å². The fourth-order valence-electron chi connectivity index (χ4n) is 3.97. The molecule has 2 saturated heterocycles. The van der Waals surface area contributed by atoms with Gasteiger partial charge in [-0.25, -0.2) is 0 Å². The highest BCUT2D eigenvalue weighted by molar-refractivity contribution is 5.14. The number of rotatable bonds is 4. The molecule has 0 amide bonds. The van der Waals surface area contributed by atoms with Crippen molar-refractivity contribution in [2.24, 2.45) is 0 Å². The summed E-state index contributed by atoms with van der Waals surface area (Å²) in [5, 5.41) is 0. The molecule has 0 bridgehead atoms.